The second kappa shape index (κ2) is 4.45. The monoisotopic (exact) mass is 298 g/mol. The average molecular weight is 299 g/mol. The number of alkyl halides is 3. The summed E-state index contributed by atoms with van der Waals surface area (Å²) in [6.45, 7) is 0. The number of fused-ring (bicyclic) bond motifs is 1. The average Bonchev–Trinajstić information content (AvgIpc) is 2.81. The predicted molar refractivity (Wildman–Crippen MR) is 66.2 cm³/mol. The van der Waals surface area contributed by atoms with E-state index in [2.05, 4.69) is 15.1 Å². The first-order chi connectivity index (χ1) is 9.43. The van der Waals surface area contributed by atoms with Crippen LogP contribution in [0.4, 0.5) is 13.2 Å². The molecule has 0 bridgehead atoms. The second-order valence-electron chi connectivity index (χ2n) is 4.00. The van der Waals surface area contributed by atoms with E-state index in [0.717, 1.165) is 6.07 Å². The Hall–Kier alpha value is -2.15. The Morgan fingerprint density at radius 1 is 1.00 bits per heavy atom. The van der Waals surface area contributed by atoms with Gasteiger partial charge in [0.15, 0.2) is 5.82 Å². The summed E-state index contributed by atoms with van der Waals surface area (Å²) >= 11 is 5.77. The van der Waals surface area contributed by atoms with Crippen molar-refractivity contribution >= 4 is 17.4 Å². The Bertz CT molecular complexity index is 764. The standard InChI is InChI=1S/C12H6ClF3N4/c13-8-3-1-7(2-4-8)10-18-11-17-9(12(14,15)16)5-6-20(11)19-10/h1-6H. The summed E-state index contributed by atoms with van der Waals surface area (Å²) in [6.07, 6.45) is -3.33. The zero-order valence-corrected chi connectivity index (χ0v) is 10.5. The summed E-state index contributed by atoms with van der Waals surface area (Å²) < 4.78 is 38.9. The molecule has 2 heterocycles. The topological polar surface area (TPSA) is 43.1 Å². The first-order valence-corrected chi connectivity index (χ1v) is 5.88. The van der Waals surface area contributed by atoms with Crippen LogP contribution in [0.3, 0.4) is 0 Å². The van der Waals surface area contributed by atoms with E-state index >= 15 is 0 Å². The lowest BCUT2D eigenvalue weighted by Gasteiger charge is -2.03. The van der Waals surface area contributed by atoms with Gasteiger partial charge in [0.1, 0.15) is 5.69 Å². The molecule has 3 aromatic rings. The van der Waals surface area contributed by atoms with Crippen molar-refractivity contribution in [2.45, 2.75) is 6.18 Å². The molecule has 0 spiro atoms. The Morgan fingerprint density at radius 2 is 1.70 bits per heavy atom. The molecule has 0 aliphatic heterocycles. The van der Waals surface area contributed by atoms with Gasteiger partial charge >= 0.3 is 6.18 Å². The van der Waals surface area contributed by atoms with Gasteiger partial charge < -0.3 is 0 Å². The van der Waals surface area contributed by atoms with Crippen molar-refractivity contribution in [3.05, 3.63) is 47.2 Å². The summed E-state index contributed by atoms with van der Waals surface area (Å²) in [5.41, 5.74) is -0.353. The molecule has 0 unspecified atom stereocenters. The van der Waals surface area contributed by atoms with Gasteiger partial charge in [-0.1, -0.05) is 11.6 Å². The van der Waals surface area contributed by atoms with Crippen LogP contribution < -0.4 is 0 Å². The van der Waals surface area contributed by atoms with Gasteiger partial charge in [-0.25, -0.2) is 9.50 Å². The molecule has 0 saturated heterocycles. The molecule has 0 saturated carbocycles. The Balaban J connectivity index is 2.09. The quantitative estimate of drug-likeness (QED) is 0.691. The molecule has 2 aromatic heterocycles. The van der Waals surface area contributed by atoms with E-state index in [1.54, 1.807) is 24.3 Å². The smallest absolute Gasteiger partial charge is 0.206 e. The van der Waals surface area contributed by atoms with Crippen LogP contribution in [0.5, 0.6) is 0 Å². The summed E-state index contributed by atoms with van der Waals surface area (Å²) in [5, 5.41) is 4.62. The molecular formula is C12H6ClF3N4. The minimum absolute atomic E-state index is 0.107. The number of halogens is 4. The lowest BCUT2D eigenvalue weighted by molar-refractivity contribution is -0.141. The molecule has 4 nitrogen and oxygen atoms in total. The number of nitrogens with zero attached hydrogens (tertiary/aromatic N) is 4. The molecule has 0 atom stereocenters. The maximum Gasteiger partial charge on any atom is 0.433 e. The van der Waals surface area contributed by atoms with Crippen LogP contribution in [0.25, 0.3) is 17.2 Å². The first kappa shape index (κ1) is 12.9. The van der Waals surface area contributed by atoms with E-state index in [0.29, 0.717) is 10.6 Å². The lowest BCUT2D eigenvalue weighted by Crippen LogP contribution is -2.09. The minimum atomic E-state index is -4.51. The fraction of sp³-hybridized carbons (Fsp3) is 0.0833. The van der Waals surface area contributed by atoms with Crippen molar-refractivity contribution in [1.82, 2.24) is 19.6 Å². The van der Waals surface area contributed by atoms with Gasteiger partial charge in [-0.3, -0.25) is 0 Å². The van der Waals surface area contributed by atoms with Crippen LogP contribution in [-0.4, -0.2) is 19.6 Å². The minimum Gasteiger partial charge on any atom is -0.206 e. The van der Waals surface area contributed by atoms with Crippen molar-refractivity contribution in [2.24, 2.45) is 0 Å². The summed E-state index contributed by atoms with van der Waals surface area (Å²) in [4.78, 5) is 7.43. The third-order valence-electron chi connectivity index (χ3n) is 2.60. The van der Waals surface area contributed by atoms with Crippen LogP contribution in [-0.2, 0) is 6.18 Å². The van der Waals surface area contributed by atoms with Crippen molar-refractivity contribution in [2.75, 3.05) is 0 Å². The molecule has 0 aliphatic rings. The van der Waals surface area contributed by atoms with Crippen LogP contribution in [0.15, 0.2) is 36.5 Å². The maximum atomic E-state index is 12.6. The van der Waals surface area contributed by atoms with E-state index in [4.69, 9.17) is 11.6 Å². The highest BCUT2D eigenvalue weighted by atomic mass is 35.5. The molecule has 0 radical (unpaired) electrons. The Kier molecular flexibility index (Phi) is 2.86. The SMILES string of the molecule is FC(F)(F)c1ccn2nc(-c3ccc(Cl)cc3)nc2n1. The van der Waals surface area contributed by atoms with E-state index in [1.165, 1.54) is 10.7 Å². The van der Waals surface area contributed by atoms with E-state index in [9.17, 15) is 13.2 Å². The molecule has 0 fully saturated rings. The Morgan fingerprint density at radius 3 is 2.35 bits per heavy atom. The second-order valence-corrected chi connectivity index (χ2v) is 4.43. The highest BCUT2D eigenvalue weighted by molar-refractivity contribution is 6.30. The third-order valence-corrected chi connectivity index (χ3v) is 2.85. The molecular weight excluding hydrogens is 293 g/mol. The Labute approximate surface area is 115 Å². The normalized spacial score (nSPS) is 12.0. The highest BCUT2D eigenvalue weighted by Crippen LogP contribution is 2.27. The highest BCUT2D eigenvalue weighted by Gasteiger charge is 2.33. The van der Waals surface area contributed by atoms with E-state index < -0.39 is 11.9 Å². The molecule has 3 rings (SSSR count). The van der Waals surface area contributed by atoms with Crippen LogP contribution >= 0.6 is 11.6 Å². The first-order valence-electron chi connectivity index (χ1n) is 5.50. The van der Waals surface area contributed by atoms with Gasteiger partial charge in [0.25, 0.3) is 5.78 Å². The molecule has 20 heavy (non-hydrogen) atoms. The lowest BCUT2D eigenvalue weighted by atomic mass is 10.2. The van der Waals surface area contributed by atoms with Gasteiger partial charge in [0.2, 0.25) is 0 Å². The van der Waals surface area contributed by atoms with Gasteiger partial charge in [0, 0.05) is 16.8 Å². The van der Waals surface area contributed by atoms with Crippen LogP contribution in [0.2, 0.25) is 5.02 Å². The fourth-order valence-electron chi connectivity index (χ4n) is 1.66. The van der Waals surface area contributed by atoms with Crippen molar-refractivity contribution in [1.29, 1.82) is 0 Å². The number of aromatic nitrogens is 4. The van der Waals surface area contributed by atoms with Gasteiger partial charge in [-0.2, -0.15) is 18.2 Å². The molecule has 0 N–H and O–H groups in total. The molecule has 0 amide bonds. The largest absolute Gasteiger partial charge is 0.433 e. The summed E-state index contributed by atoms with van der Waals surface area (Å²) in [5.74, 6) is 0.179. The zero-order chi connectivity index (χ0) is 14.3. The summed E-state index contributed by atoms with van der Waals surface area (Å²) in [7, 11) is 0. The molecule has 8 heteroatoms. The number of hydrogen-bond donors (Lipinski definition) is 0. The van der Waals surface area contributed by atoms with Crippen LogP contribution in [0, 0.1) is 0 Å². The van der Waals surface area contributed by atoms with Gasteiger partial charge in [-0.15, -0.1) is 5.10 Å². The zero-order valence-electron chi connectivity index (χ0n) is 9.76. The number of benzene rings is 1. The fourth-order valence-corrected chi connectivity index (χ4v) is 1.78. The van der Waals surface area contributed by atoms with Gasteiger partial charge in [0.05, 0.1) is 0 Å². The van der Waals surface area contributed by atoms with Crippen molar-refractivity contribution in [3.8, 4) is 11.4 Å². The summed E-state index contributed by atoms with van der Waals surface area (Å²) in [6, 6.07) is 7.52. The number of hydrogen-bond acceptors (Lipinski definition) is 3. The molecule has 102 valence electrons. The van der Waals surface area contributed by atoms with Gasteiger partial charge in [-0.05, 0) is 30.3 Å². The molecule has 1 aromatic carbocycles. The molecule has 0 aliphatic carbocycles. The van der Waals surface area contributed by atoms with Crippen molar-refractivity contribution in [3.63, 3.8) is 0 Å². The third kappa shape index (κ3) is 2.32. The maximum absolute atomic E-state index is 12.6. The predicted octanol–water partition coefficient (Wildman–Crippen LogP) is 3.46. The van der Waals surface area contributed by atoms with Crippen molar-refractivity contribution < 1.29 is 13.2 Å². The number of rotatable bonds is 1. The van der Waals surface area contributed by atoms with Crippen LogP contribution in [0.1, 0.15) is 5.69 Å². The van der Waals surface area contributed by atoms with E-state index in [-0.39, 0.29) is 11.6 Å². The van der Waals surface area contributed by atoms with E-state index in [1.807, 2.05) is 0 Å².